The zero-order valence-corrected chi connectivity index (χ0v) is 14.6. The molecule has 0 atom stereocenters. The van der Waals surface area contributed by atoms with Crippen LogP contribution in [0.1, 0.15) is 45.3 Å². The maximum Gasteiger partial charge on any atom is 0.224 e. The lowest BCUT2D eigenvalue weighted by Crippen LogP contribution is -2.10. The van der Waals surface area contributed by atoms with E-state index in [0.717, 1.165) is 23.1 Å². The van der Waals surface area contributed by atoms with Crippen LogP contribution in [0.2, 0.25) is 0 Å². The van der Waals surface area contributed by atoms with Crippen molar-refractivity contribution in [2.24, 2.45) is 0 Å². The third-order valence-corrected chi connectivity index (χ3v) is 3.73. The van der Waals surface area contributed by atoms with Gasteiger partial charge in [-0.15, -0.1) is 0 Å². The van der Waals surface area contributed by atoms with Crippen LogP contribution in [0.5, 0.6) is 11.6 Å². The van der Waals surface area contributed by atoms with E-state index in [1.54, 1.807) is 18.3 Å². The molecule has 1 N–H and O–H groups in total. The van der Waals surface area contributed by atoms with Gasteiger partial charge in [0.1, 0.15) is 11.3 Å². The van der Waals surface area contributed by atoms with Gasteiger partial charge in [-0.25, -0.2) is 4.98 Å². The largest absolute Gasteiger partial charge is 0.438 e. The smallest absolute Gasteiger partial charge is 0.224 e. The highest BCUT2D eigenvalue weighted by Crippen LogP contribution is 2.35. The van der Waals surface area contributed by atoms with Crippen molar-refractivity contribution in [2.75, 3.05) is 5.32 Å². The molecule has 130 valence electrons. The number of hydrogen-bond acceptors (Lipinski definition) is 5. The van der Waals surface area contributed by atoms with Crippen LogP contribution in [0.4, 0.5) is 5.69 Å². The Bertz CT molecular complexity index is 869. The maximum absolute atomic E-state index is 11.6. The predicted octanol–water partition coefficient (Wildman–Crippen LogP) is 4.88. The van der Waals surface area contributed by atoms with Gasteiger partial charge >= 0.3 is 0 Å². The highest BCUT2D eigenvalue weighted by Gasteiger charge is 2.17. The number of pyridine rings is 1. The first-order valence-corrected chi connectivity index (χ1v) is 8.40. The van der Waals surface area contributed by atoms with Crippen LogP contribution in [0.25, 0.3) is 10.9 Å². The Morgan fingerprint density at radius 2 is 2.12 bits per heavy atom. The summed E-state index contributed by atoms with van der Waals surface area (Å²) in [5, 5.41) is 7.75. The van der Waals surface area contributed by atoms with Crippen LogP contribution < -0.4 is 10.1 Å². The summed E-state index contributed by atoms with van der Waals surface area (Å²) in [4.78, 5) is 15.9. The second-order valence-electron chi connectivity index (χ2n) is 6.14. The number of aromatic nitrogens is 2. The molecule has 0 spiro atoms. The molecule has 0 saturated carbocycles. The molecule has 0 unspecified atom stereocenters. The van der Waals surface area contributed by atoms with Crippen molar-refractivity contribution in [1.82, 2.24) is 10.1 Å². The molecule has 0 aliphatic rings. The quantitative estimate of drug-likeness (QED) is 0.693. The van der Waals surface area contributed by atoms with E-state index >= 15 is 0 Å². The molecule has 3 aromatic rings. The molecule has 0 aliphatic heterocycles. The highest BCUT2D eigenvalue weighted by atomic mass is 16.5. The van der Waals surface area contributed by atoms with Gasteiger partial charge in [-0.2, -0.15) is 0 Å². The third-order valence-electron chi connectivity index (χ3n) is 3.73. The number of amides is 1. The molecular weight excluding hydrogens is 318 g/mol. The minimum Gasteiger partial charge on any atom is -0.438 e. The SMILES string of the molecule is CCCC(=O)Nc1ccc(Oc2cccc3noc(C(C)C)c23)nc1. The Balaban J connectivity index is 1.82. The first-order chi connectivity index (χ1) is 12.1. The summed E-state index contributed by atoms with van der Waals surface area (Å²) in [5.41, 5.74) is 1.40. The number of ether oxygens (including phenoxy) is 1. The molecule has 0 aliphatic carbocycles. The number of nitrogens with zero attached hydrogens (tertiary/aromatic N) is 2. The van der Waals surface area contributed by atoms with E-state index < -0.39 is 0 Å². The Kier molecular flexibility index (Phi) is 4.97. The summed E-state index contributed by atoms with van der Waals surface area (Å²) in [6, 6.07) is 9.11. The zero-order valence-electron chi connectivity index (χ0n) is 14.6. The van der Waals surface area contributed by atoms with E-state index in [1.807, 2.05) is 39.0 Å². The first-order valence-electron chi connectivity index (χ1n) is 8.40. The monoisotopic (exact) mass is 339 g/mol. The van der Waals surface area contributed by atoms with E-state index in [2.05, 4.69) is 15.5 Å². The van der Waals surface area contributed by atoms with Crippen LogP contribution in [0.3, 0.4) is 0 Å². The lowest BCUT2D eigenvalue weighted by molar-refractivity contribution is -0.116. The number of carbonyl (C=O) groups excluding carboxylic acids is 1. The van der Waals surface area contributed by atoms with Crippen molar-refractivity contribution in [1.29, 1.82) is 0 Å². The molecule has 3 rings (SSSR count). The fourth-order valence-corrected chi connectivity index (χ4v) is 2.54. The summed E-state index contributed by atoms with van der Waals surface area (Å²) in [7, 11) is 0. The molecule has 0 radical (unpaired) electrons. The van der Waals surface area contributed by atoms with E-state index in [0.29, 0.717) is 23.7 Å². The maximum atomic E-state index is 11.6. The summed E-state index contributed by atoms with van der Waals surface area (Å²) in [6.07, 6.45) is 2.88. The summed E-state index contributed by atoms with van der Waals surface area (Å²) >= 11 is 0. The second-order valence-corrected chi connectivity index (χ2v) is 6.14. The van der Waals surface area contributed by atoms with Crippen LogP contribution in [-0.2, 0) is 4.79 Å². The fourth-order valence-electron chi connectivity index (χ4n) is 2.54. The zero-order chi connectivity index (χ0) is 17.8. The topological polar surface area (TPSA) is 77.2 Å². The molecule has 0 fully saturated rings. The van der Waals surface area contributed by atoms with Crippen LogP contribution >= 0.6 is 0 Å². The van der Waals surface area contributed by atoms with Crippen LogP contribution in [0.15, 0.2) is 41.1 Å². The fraction of sp³-hybridized carbons (Fsp3) is 0.316. The van der Waals surface area contributed by atoms with Crippen LogP contribution in [-0.4, -0.2) is 16.0 Å². The summed E-state index contributed by atoms with van der Waals surface area (Å²) < 4.78 is 11.4. The first kappa shape index (κ1) is 17.0. The van der Waals surface area contributed by atoms with Crippen molar-refractivity contribution in [2.45, 2.75) is 39.5 Å². The van der Waals surface area contributed by atoms with Gasteiger partial charge in [0.2, 0.25) is 11.8 Å². The Morgan fingerprint density at radius 1 is 1.28 bits per heavy atom. The predicted molar refractivity (Wildman–Crippen MR) is 95.9 cm³/mol. The lowest BCUT2D eigenvalue weighted by Gasteiger charge is -2.09. The number of anilines is 1. The average Bonchev–Trinajstić information content (AvgIpc) is 3.02. The highest BCUT2D eigenvalue weighted by molar-refractivity contribution is 5.90. The minimum atomic E-state index is -0.0196. The third kappa shape index (κ3) is 3.79. The minimum absolute atomic E-state index is 0.0196. The molecule has 0 bridgehead atoms. The summed E-state index contributed by atoms with van der Waals surface area (Å²) in [5.74, 6) is 2.05. The molecule has 2 heterocycles. The molecule has 0 saturated heterocycles. The molecule has 1 amide bonds. The second kappa shape index (κ2) is 7.34. The molecule has 6 heteroatoms. The molecular formula is C19H21N3O3. The standard InChI is InChI=1S/C19H21N3O3/c1-4-6-16(23)21-13-9-10-17(20-11-13)24-15-8-5-7-14-18(15)19(12(2)3)25-22-14/h5,7-12H,4,6H2,1-3H3,(H,21,23). The van der Waals surface area contributed by atoms with Crippen molar-refractivity contribution in [3.63, 3.8) is 0 Å². The van der Waals surface area contributed by atoms with Gasteiger partial charge in [-0.05, 0) is 24.6 Å². The van der Waals surface area contributed by atoms with Gasteiger partial charge in [0.05, 0.1) is 17.3 Å². The molecule has 6 nitrogen and oxygen atoms in total. The van der Waals surface area contributed by atoms with E-state index in [1.165, 1.54) is 0 Å². The number of nitrogens with one attached hydrogen (secondary N) is 1. The van der Waals surface area contributed by atoms with Crippen molar-refractivity contribution in [3.8, 4) is 11.6 Å². The van der Waals surface area contributed by atoms with Gasteiger partial charge in [0.15, 0.2) is 5.76 Å². The van der Waals surface area contributed by atoms with Gasteiger partial charge in [0, 0.05) is 18.4 Å². The Hall–Kier alpha value is -2.89. The van der Waals surface area contributed by atoms with Gasteiger partial charge in [0.25, 0.3) is 0 Å². The van der Waals surface area contributed by atoms with Crippen molar-refractivity contribution in [3.05, 3.63) is 42.3 Å². The van der Waals surface area contributed by atoms with E-state index in [9.17, 15) is 4.79 Å². The number of hydrogen-bond donors (Lipinski definition) is 1. The number of benzene rings is 1. The number of fused-ring (bicyclic) bond motifs is 1. The summed E-state index contributed by atoms with van der Waals surface area (Å²) in [6.45, 7) is 6.05. The van der Waals surface area contributed by atoms with E-state index in [-0.39, 0.29) is 11.8 Å². The molecule has 1 aromatic carbocycles. The normalized spacial score (nSPS) is 11.0. The molecule has 25 heavy (non-hydrogen) atoms. The lowest BCUT2D eigenvalue weighted by atomic mass is 10.1. The van der Waals surface area contributed by atoms with Crippen LogP contribution in [0, 0.1) is 0 Å². The Morgan fingerprint density at radius 3 is 2.80 bits per heavy atom. The molecule has 2 aromatic heterocycles. The van der Waals surface area contributed by atoms with Gasteiger partial charge in [-0.3, -0.25) is 4.79 Å². The van der Waals surface area contributed by atoms with Gasteiger partial charge in [-0.1, -0.05) is 32.0 Å². The van der Waals surface area contributed by atoms with E-state index in [4.69, 9.17) is 9.26 Å². The van der Waals surface area contributed by atoms with Gasteiger partial charge < -0.3 is 14.6 Å². The van der Waals surface area contributed by atoms with Crippen molar-refractivity contribution < 1.29 is 14.1 Å². The number of rotatable bonds is 6. The number of carbonyl (C=O) groups is 1. The van der Waals surface area contributed by atoms with Crippen molar-refractivity contribution >= 4 is 22.5 Å². The Labute approximate surface area is 146 Å². The average molecular weight is 339 g/mol.